The number of hydrogen-bond acceptors (Lipinski definition) is 6. The molecule has 8 heteroatoms. The number of esters is 1. The van der Waals surface area contributed by atoms with Crippen molar-refractivity contribution in [1.82, 2.24) is 9.78 Å². The molecule has 3 aromatic rings. The van der Waals surface area contributed by atoms with Crippen LogP contribution in [0.1, 0.15) is 26.4 Å². The SMILES string of the molecule is Cc1c(C(=O)COC(=O)c2ccc(S(C)(=O)=O)cc2)cnn1-c1ccccc1. The van der Waals surface area contributed by atoms with E-state index in [0.717, 1.165) is 11.9 Å². The lowest BCUT2D eigenvalue weighted by Crippen LogP contribution is -2.15. The average molecular weight is 398 g/mol. The van der Waals surface area contributed by atoms with Crippen molar-refractivity contribution in [3.8, 4) is 5.69 Å². The standard InChI is InChI=1S/C20H18N2O5S/c1-14-18(12-21-22(14)16-6-4-3-5-7-16)19(23)13-27-20(24)15-8-10-17(11-9-15)28(2,25)26/h3-12H,13H2,1-2H3. The maximum absolute atomic E-state index is 12.4. The summed E-state index contributed by atoms with van der Waals surface area (Å²) in [6.45, 7) is 1.33. The average Bonchev–Trinajstić information content (AvgIpc) is 3.07. The molecule has 0 aliphatic carbocycles. The molecule has 0 saturated carbocycles. The number of benzene rings is 2. The van der Waals surface area contributed by atoms with Crippen LogP contribution >= 0.6 is 0 Å². The summed E-state index contributed by atoms with van der Waals surface area (Å²) in [5, 5.41) is 4.22. The van der Waals surface area contributed by atoms with E-state index < -0.39 is 22.4 Å². The predicted molar refractivity (Wildman–Crippen MR) is 102 cm³/mol. The van der Waals surface area contributed by atoms with E-state index in [4.69, 9.17) is 4.74 Å². The fourth-order valence-electron chi connectivity index (χ4n) is 2.64. The van der Waals surface area contributed by atoms with Crippen molar-refractivity contribution < 1.29 is 22.7 Å². The molecular weight excluding hydrogens is 380 g/mol. The molecule has 7 nitrogen and oxygen atoms in total. The molecule has 1 heterocycles. The van der Waals surface area contributed by atoms with Gasteiger partial charge in [-0.15, -0.1) is 0 Å². The number of ketones is 1. The fourth-order valence-corrected chi connectivity index (χ4v) is 3.27. The molecule has 0 amide bonds. The van der Waals surface area contributed by atoms with E-state index in [2.05, 4.69) is 5.10 Å². The van der Waals surface area contributed by atoms with Gasteiger partial charge < -0.3 is 4.74 Å². The van der Waals surface area contributed by atoms with Gasteiger partial charge in [0.1, 0.15) is 0 Å². The third-order valence-corrected chi connectivity index (χ3v) is 5.29. The van der Waals surface area contributed by atoms with Crippen molar-refractivity contribution in [3.05, 3.63) is 77.6 Å². The maximum atomic E-state index is 12.4. The summed E-state index contributed by atoms with van der Waals surface area (Å²) in [5.41, 5.74) is 1.99. The molecule has 0 atom stereocenters. The van der Waals surface area contributed by atoms with Gasteiger partial charge in [0.05, 0.1) is 33.6 Å². The lowest BCUT2D eigenvalue weighted by atomic mass is 10.2. The third-order valence-electron chi connectivity index (χ3n) is 4.16. The number of nitrogens with zero attached hydrogens (tertiary/aromatic N) is 2. The molecular formula is C20H18N2O5S. The number of carbonyl (C=O) groups is 2. The molecule has 144 valence electrons. The lowest BCUT2D eigenvalue weighted by molar-refractivity contribution is 0.0474. The number of rotatable bonds is 6. The van der Waals surface area contributed by atoms with Crippen molar-refractivity contribution in [1.29, 1.82) is 0 Å². The van der Waals surface area contributed by atoms with E-state index >= 15 is 0 Å². The highest BCUT2D eigenvalue weighted by molar-refractivity contribution is 7.90. The van der Waals surface area contributed by atoms with E-state index in [0.29, 0.717) is 11.3 Å². The molecule has 3 rings (SSSR count). The zero-order valence-electron chi connectivity index (χ0n) is 15.3. The van der Waals surface area contributed by atoms with Gasteiger partial charge in [-0.1, -0.05) is 18.2 Å². The number of carbonyl (C=O) groups excluding carboxylic acids is 2. The molecule has 0 bridgehead atoms. The molecule has 0 fully saturated rings. The van der Waals surface area contributed by atoms with Crippen LogP contribution in [0.15, 0.2) is 65.7 Å². The third kappa shape index (κ3) is 4.17. The van der Waals surface area contributed by atoms with E-state index in [9.17, 15) is 18.0 Å². The predicted octanol–water partition coefficient (Wildman–Crippen LogP) is 2.62. The summed E-state index contributed by atoms with van der Waals surface area (Å²) in [4.78, 5) is 24.6. The van der Waals surface area contributed by atoms with Gasteiger partial charge >= 0.3 is 5.97 Å². The van der Waals surface area contributed by atoms with Crippen LogP contribution in [-0.2, 0) is 14.6 Å². The van der Waals surface area contributed by atoms with E-state index in [1.165, 1.54) is 30.5 Å². The van der Waals surface area contributed by atoms with Gasteiger partial charge in [-0.3, -0.25) is 4.79 Å². The molecule has 0 unspecified atom stereocenters. The highest BCUT2D eigenvalue weighted by Crippen LogP contribution is 2.15. The van der Waals surface area contributed by atoms with Crippen molar-refractivity contribution in [2.24, 2.45) is 0 Å². The minimum absolute atomic E-state index is 0.101. The van der Waals surface area contributed by atoms with Crippen molar-refractivity contribution >= 4 is 21.6 Å². The first-order valence-electron chi connectivity index (χ1n) is 8.38. The van der Waals surface area contributed by atoms with Crippen molar-refractivity contribution in [2.75, 3.05) is 12.9 Å². The Morgan fingerprint density at radius 3 is 2.29 bits per heavy atom. The summed E-state index contributed by atoms with van der Waals surface area (Å²) < 4.78 is 29.6. The van der Waals surface area contributed by atoms with Crippen LogP contribution in [0, 0.1) is 6.92 Å². The second-order valence-corrected chi connectivity index (χ2v) is 8.20. The number of Topliss-reactive ketones (excluding diaryl/α,β-unsaturated/α-hetero) is 1. The number of aromatic nitrogens is 2. The number of para-hydroxylation sites is 1. The van der Waals surface area contributed by atoms with E-state index in [1.807, 2.05) is 30.3 Å². The van der Waals surface area contributed by atoms with Crippen LogP contribution < -0.4 is 0 Å². The maximum Gasteiger partial charge on any atom is 0.338 e. The van der Waals surface area contributed by atoms with Gasteiger partial charge in [-0.25, -0.2) is 17.9 Å². The van der Waals surface area contributed by atoms with Gasteiger partial charge in [0.2, 0.25) is 5.78 Å². The summed E-state index contributed by atoms with van der Waals surface area (Å²) in [5.74, 6) is -1.08. The zero-order chi connectivity index (χ0) is 20.3. The number of hydrogen-bond donors (Lipinski definition) is 0. The first-order valence-corrected chi connectivity index (χ1v) is 10.3. The van der Waals surface area contributed by atoms with Crippen LogP contribution in [0.3, 0.4) is 0 Å². The minimum atomic E-state index is -3.35. The topological polar surface area (TPSA) is 95.3 Å². The van der Waals surface area contributed by atoms with Gasteiger partial charge in [0.25, 0.3) is 0 Å². The molecule has 0 N–H and O–H groups in total. The molecule has 0 radical (unpaired) electrons. The highest BCUT2D eigenvalue weighted by Gasteiger charge is 2.18. The molecule has 0 aliphatic heterocycles. The summed E-state index contributed by atoms with van der Waals surface area (Å²) >= 11 is 0. The van der Waals surface area contributed by atoms with Gasteiger partial charge in [0, 0.05) is 6.26 Å². The quantitative estimate of drug-likeness (QED) is 0.468. The molecule has 0 aliphatic rings. The van der Waals surface area contributed by atoms with Crippen LogP contribution in [0.25, 0.3) is 5.69 Å². The summed E-state index contributed by atoms with van der Waals surface area (Å²) in [7, 11) is -3.35. The van der Waals surface area contributed by atoms with Gasteiger partial charge in [-0.2, -0.15) is 5.10 Å². The Hall–Kier alpha value is -3.26. The lowest BCUT2D eigenvalue weighted by Gasteiger charge is -2.06. The van der Waals surface area contributed by atoms with Gasteiger partial charge in [-0.05, 0) is 43.3 Å². The van der Waals surface area contributed by atoms with Crippen LogP contribution in [-0.4, -0.2) is 42.8 Å². The molecule has 0 spiro atoms. The number of ether oxygens (including phenoxy) is 1. The molecule has 1 aromatic heterocycles. The second kappa shape index (κ2) is 7.77. The number of sulfone groups is 1. The van der Waals surface area contributed by atoms with Crippen LogP contribution in [0.5, 0.6) is 0 Å². The zero-order valence-corrected chi connectivity index (χ0v) is 16.1. The highest BCUT2D eigenvalue weighted by atomic mass is 32.2. The molecule has 28 heavy (non-hydrogen) atoms. The largest absolute Gasteiger partial charge is 0.454 e. The van der Waals surface area contributed by atoms with Crippen LogP contribution in [0.2, 0.25) is 0 Å². The Morgan fingerprint density at radius 1 is 1.04 bits per heavy atom. The molecule has 0 saturated heterocycles. The summed E-state index contributed by atoms with van der Waals surface area (Å²) in [6, 6.07) is 14.7. The Bertz CT molecular complexity index is 1120. The normalized spacial score (nSPS) is 11.2. The fraction of sp³-hybridized carbons (Fsp3) is 0.150. The Balaban J connectivity index is 1.67. The van der Waals surface area contributed by atoms with E-state index in [1.54, 1.807) is 11.6 Å². The smallest absolute Gasteiger partial charge is 0.338 e. The minimum Gasteiger partial charge on any atom is -0.454 e. The Labute approximate surface area is 162 Å². The first-order chi connectivity index (χ1) is 13.3. The Kier molecular flexibility index (Phi) is 5.41. The van der Waals surface area contributed by atoms with Gasteiger partial charge in [0.15, 0.2) is 16.4 Å². The summed E-state index contributed by atoms with van der Waals surface area (Å²) in [6.07, 6.45) is 2.52. The molecule has 2 aromatic carbocycles. The van der Waals surface area contributed by atoms with Crippen molar-refractivity contribution in [2.45, 2.75) is 11.8 Å². The Morgan fingerprint density at radius 2 is 1.68 bits per heavy atom. The first kappa shape index (κ1) is 19.5. The second-order valence-electron chi connectivity index (χ2n) is 6.19. The monoisotopic (exact) mass is 398 g/mol. The van der Waals surface area contributed by atoms with Crippen molar-refractivity contribution in [3.63, 3.8) is 0 Å². The van der Waals surface area contributed by atoms with Crippen LogP contribution in [0.4, 0.5) is 0 Å². The van der Waals surface area contributed by atoms with E-state index in [-0.39, 0.29) is 16.2 Å².